The van der Waals surface area contributed by atoms with Gasteiger partial charge < -0.3 is 9.80 Å². The number of rotatable bonds is 8. The second-order valence-electron chi connectivity index (χ2n) is 5.44. The van der Waals surface area contributed by atoms with Crippen LogP contribution in [-0.2, 0) is 0 Å². The zero-order valence-electron chi connectivity index (χ0n) is 12.2. The molecule has 0 amide bonds. The van der Waals surface area contributed by atoms with Crippen LogP contribution in [0.5, 0.6) is 0 Å². The van der Waals surface area contributed by atoms with Crippen LogP contribution in [0.25, 0.3) is 0 Å². The lowest BCUT2D eigenvalue weighted by Gasteiger charge is -2.35. The smallest absolute Gasteiger partial charge is 0.103 e. The average molecular weight is 238 g/mol. The summed E-state index contributed by atoms with van der Waals surface area (Å²) in [6.07, 6.45) is 12.0. The van der Waals surface area contributed by atoms with Crippen molar-refractivity contribution >= 4 is 0 Å². The molecule has 0 spiro atoms. The molecule has 1 aliphatic rings. The minimum Gasteiger partial charge on any atom is -0.356 e. The van der Waals surface area contributed by atoms with E-state index in [1.165, 1.54) is 38.6 Å². The first kappa shape index (κ1) is 14.4. The van der Waals surface area contributed by atoms with Crippen LogP contribution in [-0.4, -0.2) is 29.1 Å². The van der Waals surface area contributed by atoms with Crippen LogP contribution in [0.3, 0.4) is 0 Å². The van der Waals surface area contributed by atoms with Crippen LogP contribution in [0, 0.1) is 5.92 Å². The topological polar surface area (TPSA) is 6.48 Å². The first-order valence-corrected chi connectivity index (χ1v) is 7.40. The van der Waals surface area contributed by atoms with Crippen molar-refractivity contribution in [3.05, 3.63) is 12.4 Å². The molecule has 100 valence electrons. The van der Waals surface area contributed by atoms with Gasteiger partial charge in [0, 0.05) is 25.5 Å². The highest BCUT2D eigenvalue weighted by atomic mass is 15.4. The Morgan fingerprint density at radius 1 is 0.941 bits per heavy atom. The standard InChI is InChI=1S/C15H30N2/c1-5-7-8-9-10-11-17-13-12-16(6-2)15(17)14(3)4/h12-15H,5-11H2,1-4H3. The monoisotopic (exact) mass is 238 g/mol. The van der Waals surface area contributed by atoms with Gasteiger partial charge in [-0.05, 0) is 19.3 Å². The maximum absolute atomic E-state index is 2.53. The maximum Gasteiger partial charge on any atom is 0.103 e. The summed E-state index contributed by atoms with van der Waals surface area (Å²) < 4.78 is 0. The third-order valence-electron chi connectivity index (χ3n) is 3.61. The van der Waals surface area contributed by atoms with Gasteiger partial charge in [-0.25, -0.2) is 0 Å². The summed E-state index contributed by atoms with van der Waals surface area (Å²) in [7, 11) is 0. The third kappa shape index (κ3) is 4.25. The quantitative estimate of drug-likeness (QED) is 0.589. The van der Waals surface area contributed by atoms with E-state index in [0.717, 1.165) is 6.54 Å². The number of nitrogens with zero attached hydrogens (tertiary/aromatic N) is 2. The molecule has 0 fully saturated rings. The third-order valence-corrected chi connectivity index (χ3v) is 3.61. The van der Waals surface area contributed by atoms with E-state index in [-0.39, 0.29) is 0 Å². The SMILES string of the molecule is CCCCCCCN1C=CN(CC)C1C(C)C. The second-order valence-corrected chi connectivity index (χ2v) is 5.44. The first-order valence-electron chi connectivity index (χ1n) is 7.40. The van der Waals surface area contributed by atoms with E-state index >= 15 is 0 Å². The molecule has 1 unspecified atom stereocenters. The minimum atomic E-state index is 0.589. The van der Waals surface area contributed by atoms with Gasteiger partial charge in [0.15, 0.2) is 0 Å². The fraction of sp³-hybridized carbons (Fsp3) is 0.867. The van der Waals surface area contributed by atoms with Gasteiger partial charge in [0.25, 0.3) is 0 Å². The Hall–Kier alpha value is -0.660. The molecule has 0 bridgehead atoms. The average Bonchev–Trinajstić information content (AvgIpc) is 2.72. The molecular weight excluding hydrogens is 208 g/mol. The maximum atomic E-state index is 2.53. The van der Waals surface area contributed by atoms with Crippen molar-refractivity contribution in [2.45, 2.75) is 66.0 Å². The van der Waals surface area contributed by atoms with E-state index in [2.05, 4.69) is 49.9 Å². The van der Waals surface area contributed by atoms with Crippen LogP contribution in [0.1, 0.15) is 59.8 Å². The largest absolute Gasteiger partial charge is 0.356 e. The van der Waals surface area contributed by atoms with Gasteiger partial charge in [0.2, 0.25) is 0 Å². The normalized spacial score (nSPS) is 19.7. The van der Waals surface area contributed by atoms with Crippen molar-refractivity contribution in [1.29, 1.82) is 0 Å². The predicted octanol–water partition coefficient (Wildman–Crippen LogP) is 4.05. The molecule has 17 heavy (non-hydrogen) atoms. The van der Waals surface area contributed by atoms with Gasteiger partial charge in [-0.15, -0.1) is 0 Å². The Balaban J connectivity index is 2.30. The molecule has 0 saturated carbocycles. The molecule has 0 N–H and O–H groups in total. The highest BCUT2D eigenvalue weighted by molar-refractivity contribution is 4.97. The molecule has 0 saturated heterocycles. The van der Waals surface area contributed by atoms with Crippen molar-refractivity contribution in [2.24, 2.45) is 5.92 Å². The molecule has 2 heteroatoms. The lowest BCUT2D eigenvalue weighted by atomic mass is 10.1. The summed E-state index contributed by atoms with van der Waals surface area (Å²) in [4.78, 5) is 4.98. The molecule has 1 aliphatic heterocycles. The molecule has 0 aromatic heterocycles. The fourth-order valence-electron chi connectivity index (χ4n) is 2.70. The lowest BCUT2D eigenvalue weighted by Crippen LogP contribution is -2.42. The Labute approximate surface area is 108 Å². The highest BCUT2D eigenvalue weighted by Gasteiger charge is 2.27. The van der Waals surface area contributed by atoms with Crippen molar-refractivity contribution in [3.8, 4) is 0 Å². The first-order chi connectivity index (χ1) is 8.20. The predicted molar refractivity (Wildman–Crippen MR) is 75.6 cm³/mol. The van der Waals surface area contributed by atoms with E-state index in [4.69, 9.17) is 0 Å². The zero-order valence-corrected chi connectivity index (χ0v) is 12.2. The number of hydrogen-bond donors (Lipinski definition) is 0. The summed E-state index contributed by atoms with van der Waals surface area (Å²) >= 11 is 0. The molecule has 0 aliphatic carbocycles. The van der Waals surface area contributed by atoms with Crippen molar-refractivity contribution in [2.75, 3.05) is 13.1 Å². The molecular formula is C15H30N2. The van der Waals surface area contributed by atoms with Gasteiger partial charge in [-0.2, -0.15) is 0 Å². The van der Waals surface area contributed by atoms with Gasteiger partial charge in [-0.3, -0.25) is 0 Å². The van der Waals surface area contributed by atoms with E-state index in [0.29, 0.717) is 12.1 Å². The summed E-state index contributed by atoms with van der Waals surface area (Å²) in [5, 5.41) is 0. The summed E-state index contributed by atoms with van der Waals surface area (Å²) in [6, 6.07) is 0. The molecule has 1 atom stereocenters. The zero-order chi connectivity index (χ0) is 12.7. The van der Waals surface area contributed by atoms with Gasteiger partial charge in [-0.1, -0.05) is 46.5 Å². The molecule has 1 rings (SSSR count). The summed E-state index contributed by atoms with van der Waals surface area (Å²) in [5.41, 5.74) is 0. The van der Waals surface area contributed by atoms with Crippen molar-refractivity contribution in [3.63, 3.8) is 0 Å². The van der Waals surface area contributed by atoms with Gasteiger partial charge in [0.05, 0.1) is 0 Å². The number of hydrogen-bond acceptors (Lipinski definition) is 2. The number of unbranched alkanes of at least 4 members (excludes halogenated alkanes) is 4. The lowest BCUT2D eigenvalue weighted by molar-refractivity contribution is 0.110. The van der Waals surface area contributed by atoms with Crippen LogP contribution >= 0.6 is 0 Å². The van der Waals surface area contributed by atoms with Gasteiger partial charge >= 0.3 is 0 Å². The highest BCUT2D eigenvalue weighted by Crippen LogP contribution is 2.22. The summed E-state index contributed by atoms with van der Waals surface area (Å²) in [5.74, 6) is 0.695. The second kappa shape index (κ2) is 7.62. The molecule has 2 nitrogen and oxygen atoms in total. The Bertz CT molecular complexity index is 223. The van der Waals surface area contributed by atoms with Crippen LogP contribution < -0.4 is 0 Å². The van der Waals surface area contributed by atoms with Gasteiger partial charge in [0.1, 0.15) is 6.17 Å². The molecule has 0 aromatic carbocycles. The molecule has 1 heterocycles. The van der Waals surface area contributed by atoms with E-state index in [1.54, 1.807) is 0 Å². The Morgan fingerprint density at radius 2 is 1.59 bits per heavy atom. The van der Waals surface area contributed by atoms with Crippen molar-refractivity contribution in [1.82, 2.24) is 9.80 Å². The minimum absolute atomic E-state index is 0.589. The van der Waals surface area contributed by atoms with Crippen LogP contribution in [0.4, 0.5) is 0 Å². The Kier molecular flexibility index (Phi) is 6.46. The van der Waals surface area contributed by atoms with E-state index < -0.39 is 0 Å². The van der Waals surface area contributed by atoms with Crippen LogP contribution in [0.2, 0.25) is 0 Å². The van der Waals surface area contributed by atoms with E-state index in [9.17, 15) is 0 Å². The van der Waals surface area contributed by atoms with Crippen LogP contribution in [0.15, 0.2) is 12.4 Å². The molecule has 0 radical (unpaired) electrons. The molecule has 0 aromatic rings. The van der Waals surface area contributed by atoms with Crippen molar-refractivity contribution < 1.29 is 0 Å². The fourth-order valence-corrected chi connectivity index (χ4v) is 2.70. The van der Waals surface area contributed by atoms with E-state index in [1.807, 2.05) is 0 Å². The summed E-state index contributed by atoms with van der Waals surface area (Å²) in [6.45, 7) is 11.5. The Morgan fingerprint density at radius 3 is 2.18 bits per heavy atom.